The Morgan fingerprint density at radius 3 is 2.31 bits per heavy atom. The molecule has 2 aromatic rings. The van der Waals surface area contributed by atoms with Gasteiger partial charge in [-0.1, -0.05) is 31.5 Å². The number of aryl methyl sites for hydroxylation is 1. The lowest BCUT2D eigenvalue weighted by atomic mass is 10.1. The molecule has 9 heteroatoms. The molecule has 0 spiro atoms. The highest BCUT2D eigenvalue weighted by molar-refractivity contribution is 7.89. The number of nitrogens with zero attached hydrogens (tertiary/aromatic N) is 3. The van der Waals surface area contributed by atoms with Crippen molar-refractivity contribution < 1.29 is 18.1 Å². The fourth-order valence-corrected chi connectivity index (χ4v) is 4.79. The van der Waals surface area contributed by atoms with Crippen LogP contribution < -0.4 is 0 Å². The zero-order valence-electron chi connectivity index (χ0n) is 16.2. The molecule has 0 unspecified atom stereocenters. The molecule has 1 aliphatic heterocycles. The van der Waals surface area contributed by atoms with E-state index in [1.807, 2.05) is 12.1 Å². The molecule has 0 aromatic heterocycles. The Bertz CT molecular complexity index is 997. The van der Waals surface area contributed by atoms with Gasteiger partial charge in [-0.05, 0) is 30.2 Å². The first kappa shape index (κ1) is 20.9. The number of benzene rings is 2. The van der Waals surface area contributed by atoms with Gasteiger partial charge in [-0.15, -0.1) is 0 Å². The van der Waals surface area contributed by atoms with Crippen LogP contribution in [-0.4, -0.2) is 54.6 Å². The Morgan fingerprint density at radius 1 is 1.07 bits per heavy atom. The largest absolute Gasteiger partial charge is 0.336 e. The molecule has 0 bridgehead atoms. The second-order valence-corrected chi connectivity index (χ2v) is 8.84. The van der Waals surface area contributed by atoms with Crippen LogP contribution in [0.25, 0.3) is 0 Å². The van der Waals surface area contributed by atoms with E-state index >= 15 is 0 Å². The highest BCUT2D eigenvalue weighted by Gasteiger charge is 2.31. The summed E-state index contributed by atoms with van der Waals surface area (Å²) in [6.45, 7) is 2.92. The molecule has 29 heavy (non-hydrogen) atoms. The number of hydrogen-bond acceptors (Lipinski definition) is 5. The molecular formula is C20H23N3O5S. The summed E-state index contributed by atoms with van der Waals surface area (Å²) in [7, 11) is -3.85. The molecule has 1 amide bonds. The molecule has 3 rings (SSSR count). The van der Waals surface area contributed by atoms with Crippen molar-refractivity contribution in [3.8, 4) is 0 Å². The van der Waals surface area contributed by atoms with Gasteiger partial charge in [0.1, 0.15) is 0 Å². The third-order valence-electron chi connectivity index (χ3n) is 4.93. The number of hydrogen-bond donors (Lipinski definition) is 0. The number of carbonyl (C=O) groups excluding carboxylic acids is 1. The molecule has 0 radical (unpaired) electrons. The first-order valence-corrected chi connectivity index (χ1v) is 10.9. The smallest absolute Gasteiger partial charge is 0.270 e. The maximum Gasteiger partial charge on any atom is 0.270 e. The summed E-state index contributed by atoms with van der Waals surface area (Å²) < 4.78 is 26.9. The molecule has 2 aromatic carbocycles. The first-order valence-electron chi connectivity index (χ1n) is 9.45. The molecule has 0 aliphatic carbocycles. The predicted octanol–water partition coefficient (Wildman–Crippen LogP) is 2.69. The van der Waals surface area contributed by atoms with E-state index < -0.39 is 14.9 Å². The van der Waals surface area contributed by atoms with Gasteiger partial charge in [0.05, 0.1) is 9.82 Å². The van der Waals surface area contributed by atoms with Gasteiger partial charge in [-0.25, -0.2) is 8.42 Å². The number of nitro benzene ring substituents is 1. The summed E-state index contributed by atoms with van der Waals surface area (Å²) in [4.78, 5) is 24.5. The monoisotopic (exact) mass is 417 g/mol. The van der Waals surface area contributed by atoms with Crippen molar-refractivity contribution in [2.24, 2.45) is 0 Å². The van der Waals surface area contributed by atoms with Crippen LogP contribution in [0, 0.1) is 10.1 Å². The predicted molar refractivity (Wildman–Crippen MR) is 108 cm³/mol. The zero-order valence-corrected chi connectivity index (χ0v) is 17.0. The molecule has 8 nitrogen and oxygen atoms in total. The van der Waals surface area contributed by atoms with E-state index in [9.17, 15) is 23.3 Å². The van der Waals surface area contributed by atoms with Crippen LogP contribution in [0.1, 0.15) is 29.3 Å². The zero-order chi connectivity index (χ0) is 21.0. The Morgan fingerprint density at radius 2 is 1.72 bits per heavy atom. The van der Waals surface area contributed by atoms with Crippen LogP contribution >= 0.6 is 0 Å². The number of sulfonamides is 1. The van der Waals surface area contributed by atoms with E-state index in [0.717, 1.165) is 18.9 Å². The Hall–Kier alpha value is -2.78. The van der Waals surface area contributed by atoms with Crippen molar-refractivity contribution >= 4 is 21.6 Å². The maximum absolute atomic E-state index is 12.8. The number of nitro groups is 1. The van der Waals surface area contributed by atoms with Crippen molar-refractivity contribution in [3.63, 3.8) is 0 Å². The van der Waals surface area contributed by atoms with Gasteiger partial charge < -0.3 is 4.90 Å². The van der Waals surface area contributed by atoms with Gasteiger partial charge in [0.25, 0.3) is 11.6 Å². The average Bonchev–Trinajstić information content (AvgIpc) is 2.74. The minimum atomic E-state index is -3.85. The lowest BCUT2D eigenvalue weighted by molar-refractivity contribution is -0.385. The van der Waals surface area contributed by atoms with Gasteiger partial charge in [0.2, 0.25) is 10.0 Å². The standard InChI is InChI=1S/C20H23N3O5S/c1-2-4-16-7-9-17(10-8-16)20(24)21-11-13-22(14-12-21)29(27,28)19-6-3-5-18(15-19)23(25)26/h3,5-10,15H,2,4,11-14H2,1H3. The van der Waals surface area contributed by atoms with Crippen molar-refractivity contribution in [2.45, 2.75) is 24.7 Å². The summed E-state index contributed by atoms with van der Waals surface area (Å²) in [6, 6.07) is 12.5. The SMILES string of the molecule is CCCc1ccc(C(=O)N2CCN(S(=O)(=O)c3cccc([N+](=O)[O-])c3)CC2)cc1. The second-order valence-electron chi connectivity index (χ2n) is 6.90. The van der Waals surface area contributed by atoms with Crippen LogP contribution in [0.15, 0.2) is 53.4 Å². The van der Waals surface area contributed by atoms with E-state index in [-0.39, 0.29) is 42.7 Å². The van der Waals surface area contributed by atoms with Crippen LogP contribution in [0.2, 0.25) is 0 Å². The minimum Gasteiger partial charge on any atom is -0.336 e. The van der Waals surface area contributed by atoms with Crippen LogP contribution in [-0.2, 0) is 16.4 Å². The van der Waals surface area contributed by atoms with E-state index in [2.05, 4.69) is 6.92 Å². The second kappa shape index (κ2) is 8.71. The van der Waals surface area contributed by atoms with Crippen LogP contribution in [0.3, 0.4) is 0 Å². The van der Waals surface area contributed by atoms with Gasteiger partial charge in [0, 0.05) is 43.9 Å². The number of amides is 1. The summed E-state index contributed by atoms with van der Waals surface area (Å²) in [5.74, 6) is -0.125. The highest BCUT2D eigenvalue weighted by Crippen LogP contribution is 2.22. The molecule has 0 N–H and O–H groups in total. The molecule has 1 fully saturated rings. The maximum atomic E-state index is 12.8. The lowest BCUT2D eigenvalue weighted by Gasteiger charge is -2.34. The normalized spacial score (nSPS) is 15.3. The lowest BCUT2D eigenvalue weighted by Crippen LogP contribution is -2.50. The average molecular weight is 417 g/mol. The fraction of sp³-hybridized carbons (Fsp3) is 0.350. The summed E-state index contributed by atoms with van der Waals surface area (Å²) in [6.07, 6.45) is 2.00. The molecule has 0 atom stereocenters. The van der Waals surface area contributed by atoms with Crippen molar-refractivity contribution in [1.29, 1.82) is 0 Å². The Balaban J connectivity index is 1.67. The quantitative estimate of drug-likeness (QED) is 0.531. The minimum absolute atomic E-state index is 0.113. The van der Waals surface area contributed by atoms with Crippen molar-refractivity contribution in [3.05, 3.63) is 69.8 Å². The summed E-state index contributed by atoms with van der Waals surface area (Å²) in [5, 5.41) is 10.9. The van der Waals surface area contributed by atoms with Gasteiger partial charge in [0.15, 0.2) is 0 Å². The fourth-order valence-electron chi connectivity index (χ4n) is 3.32. The number of rotatable bonds is 6. The van der Waals surface area contributed by atoms with Crippen LogP contribution in [0.4, 0.5) is 5.69 Å². The van der Waals surface area contributed by atoms with Gasteiger partial charge in [-0.2, -0.15) is 4.31 Å². The van der Waals surface area contributed by atoms with Crippen LogP contribution in [0.5, 0.6) is 0 Å². The van der Waals surface area contributed by atoms with E-state index in [0.29, 0.717) is 5.56 Å². The topological polar surface area (TPSA) is 101 Å². The third kappa shape index (κ3) is 4.63. The third-order valence-corrected chi connectivity index (χ3v) is 6.83. The number of piperazine rings is 1. The first-order chi connectivity index (χ1) is 13.8. The van der Waals surface area contributed by atoms with Gasteiger partial charge in [-0.3, -0.25) is 14.9 Å². The Labute approximate surface area is 169 Å². The van der Waals surface area contributed by atoms with Crippen molar-refractivity contribution in [1.82, 2.24) is 9.21 Å². The van der Waals surface area contributed by atoms with E-state index in [1.165, 1.54) is 28.1 Å². The van der Waals surface area contributed by atoms with E-state index in [4.69, 9.17) is 0 Å². The molecule has 1 aliphatic rings. The molecule has 0 saturated carbocycles. The highest BCUT2D eigenvalue weighted by atomic mass is 32.2. The summed E-state index contributed by atoms with van der Waals surface area (Å²) in [5.41, 5.74) is 1.49. The molecule has 1 heterocycles. The molecule has 1 saturated heterocycles. The Kier molecular flexibility index (Phi) is 6.29. The molecule has 154 valence electrons. The van der Waals surface area contributed by atoms with Gasteiger partial charge >= 0.3 is 0 Å². The summed E-state index contributed by atoms with van der Waals surface area (Å²) >= 11 is 0. The van der Waals surface area contributed by atoms with E-state index in [1.54, 1.807) is 17.0 Å². The van der Waals surface area contributed by atoms with Crippen molar-refractivity contribution in [2.75, 3.05) is 26.2 Å². The molecular weight excluding hydrogens is 394 g/mol. The number of non-ortho nitro benzene ring substituents is 1. The number of carbonyl (C=O) groups is 1.